The summed E-state index contributed by atoms with van der Waals surface area (Å²) in [5, 5.41) is 4.26. The first-order valence-corrected chi connectivity index (χ1v) is 10.3. The minimum Gasteiger partial charge on any atom is -0.353 e. The Hall–Kier alpha value is -3.22. The third kappa shape index (κ3) is 4.20. The van der Waals surface area contributed by atoms with Crippen molar-refractivity contribution >= 4 is 11.7 Å². The van der Waals surface area contributed by atoms with E-state index in [4.69, 9.17) is 0 Å². The SMILES string of the molecule is Cc1nc(N2CCN(C(=O)c3ccc(C(C)(C)C)cc3)CC2)cc(-n2cccn2)n1. The standard InChI is InChI=1S/C23H28N6O/c1-17-25-20(16-21(26-17)29-11-5-10-24-29)27-12-14-28(15-13-27)22(30)18-6-8-19(9-7-18)23(2,3)4/h5-11,16H,12-15H2,1-4H3. The highest BCUT2D eigenvalue weighted by atomic mass is 16.2. The minimum absolute atomic E-state index is 0.0812. The Kier molecular flexibility index (Phi) is 5.28. The number of hydrogen-bond donors (Lipinski definition) is 0. The van der Waals surface area contributed by atoms with Crippen LogP contribution in [0.15, 0.2) is 48.8 Å². The molecule has 1 saturated heterocycles. The van der Waals surface area contributed by atoms with E-state index in [0.717, 1.165) is 30.3 Å². The molecular weight excluding hydrogens is 376 g/mol. The van der Waals surface area contributed by atoms with E-state index in [1.165, 1.54) is 5.56 Å². The Morgan fingerprint density at radius 1 is 0.967 bits per heavy atom. The van der Waals surface area contributed by atoms with E-state index in [-0.39, 0.29) is 11.3 Å². The predicted molar refractivity (Wildman–Crippen MR) is 117 cm³/mol. The lowest BCUT2D eigenvalue weighted by molar-refractivity contribution is 0.0746. The number of carbonyl (C=O) groups is 1. The fourth-order valence-corrected chi connectivity index (χ4v) is 3.65. The number of rotatable bonds is 3. The number of nitrogens with zero attached hydrogens (tertiary/aromatic N) is 6. The van der Waals surface area contributed by atoms with Crippen molar-refractivity contribution in [2.45, 2.75) is 33.1 Å². The molecule has 1 aliphatic heterocycles. The van der Waals surface area contributed by atoms with Crippen LogP contribution in [0.1, 0.15) is 42.5 Å². The Balaban J connectivity index is 1.43. The van der Waals surface area contributed by atoms with Gasteiger partial charge in [0.15, 0.2) is 5.82 Å². The van der Waals surface area contributed by atoms with Crippen LogP contribution in [0.4, 0.5) is 5.82 Å². The van der Waals surface area contributed by atoms with Gasteiger partial charge >= 0.3 is 0 Å². The summed E-state index contributed by atoms with van der Waals surface area (Å²) in [4.78, 5) is 26.1. The molecule has 7 heteroatoms. The second-order valence-electron chi connectivity index (χ2n) is 8.69. The van der Waals surface area contributed by atoms with Crippen molar-refractivity contribution in [2.24, 2.45) is 0 Å². The zero-order valence-electron chi connectivity index (χ0n) is 18.0. The Labute approximate surface area is 177 Å². The molecule has 3 heterocycles. The molecule has 1 amide bonds. The van der Waals surface area contributed by atoms with Crippen molar-refractivity contribution in [1.82, 2.24) is 24.6 Å². The second-order valence-corrected chi connectivity index (χ2v) is 8.69. The first kappa shape index (κ1) is 20.1. The summed E-state index contributed by atoms with van der Waals surface area (Å²) in [6, 6.07) is 11.8. The van der Waals surface area contributed by atoms with Crippen LogP contribution in [0, 0.1) is 6.92 Å². The van der Waals surface area contributed by atoms with Crippen LogP contribution in [0.3, 0.4) is 0 Å². The van der Waals surface area contributed by atoms with Crippen molar-refractivity contribution in [1.29, 1.82) is 0 Å². The number of hydrogen-bond acceptors (Lipinski definition) is 5. The molecule has 0 atom stereocenters. The number of aryl methyl sites for hydroxylation is 1. The minimum atomic E-state index is 0.0812. The molecule has 0 bridgehead atoms. The molecule has 7 nitrogen and oxygen atoms in total. The fourth-order valence-electron chi connectivity index (χ4n) is 3.65. The molecule has 0 radical (unpaired) electrons. The van der Waals surface area contributed by atoms with Gasteiger partial charge in [-0.1, -0.05) is 32.9 Å². The summed E-state index contributed by atoms with van der Waals surface area (Å²) >= 11 is 0. The van der Waals surface area contributed by atoms with Gasteiger partial charge in [-0.15, -0.1) is 0 Å². The van der Waals surface area contributed by atoms with Gasteiger partial charge in [-0.2, -0.15) is 5.10 Å². The molecule has 0 N–H and O–H groups in total. The van der Waals surface area contributed by atoms with Gasteiger partial charge in [0, 0.05) is 50.2 Å². The Bertz CT molecular complexity index is 1010. The number of amides is 1. The monoisotopic (exact) mass is 404 g/mol. The highest BCUT2D eigenvalue weighted by Gasteiger charge is 2.24. The van der Waals surface area contributed by atoms with Gasteiger partial charge in [-0.05, 0) is 36.1 Å². The normalized spacial score (nSPS) is 14.8. The number of piperazine rings is 1. The summed E-state index contributed by atoms with van der Waals surface area (Å²) in [5.74, 6) is 2.41. The van der Waals surface area contributed by atoms with Crippen LogP contribution in [-0.4, -0.2) is 56.7 Å². The average molecular weight is 405 g/mol. The number of anilines is 1. The highest BCUT2D eigenvalue weighted by Crippen LogP contribution is 2.23. The summed E-state index contributed by atoms with van der Waals surface area (Å²) in [6.07, 6.45) is 3.60. The molecule has 2 aromatic heterocycles. The Morgan fingerprint density at radius 2 is 1.63 bits per heavy atom. The zero-order chi connectivity index (χ0) is 21.3. The van der Waals surface area contributed by atoms with Crippen molar-refractivity contribution in [3.05, 3.63) is 65.7 Å². The third-order valence-electron chi connectivity index (χ3n) is 5.44. The summed E-state index contributed by atoms with van der Waals surface area (Å²) in [6.45, 7) is 11.2. The Morgan fingerprint density at radius 3 is 2.23 bits per heavy atom. The summed E-state index contributed by atoms with van der Waals surface area (Å²) < 4.78 is 1.74. The van der Waals surface area contributed by atoms with Crippen molar-refractivity contribution in [3.63, 3.8) is 0 Å². The van der Waals surface area contributed by atoms with E-state index >= 15 is 0 Å². The molecule has 0 spiro atoms. The molecular formula is C23H28N6O. The largest absolute Gasteiger partial charge is 0.353 e. The summed E-state index contributed by atoms with van der Waals surface area (Å²) in [7, 11) is 0. The van der Waals surface area contributed by atoms with Crippen LogP contribution in [0.5, 0.6) is 0 Å². The first-order chi connectivity index (χ1) is 14.3. The zero-order valence-corrected chi connectivity index (χ0v) is 18.0. The van der Waals surface area contributed by atoms with Gasteiger partial charge in [0.25, 0.3) is 5.91 Å². The van der Waals surface area contributed by atoms with E-state index in [0.29, 0.717) is 18.9 Å². The molecule has 1 fully saturated rings. The van der Waals surface area contributed by atoms with Crippen LogP contribution in [0.2, 0.25) is 0 Å². The average Bonchev–Trinajstić information content (AvgIpc) is 3.27. The molecule has 156 valence electrons. The maximum Gasteiger partial charge on any atom is 0.253 e. The van der Waals surface area contributed by atoms with Crippen LogP contribution < -0.4 is 4.90 Å². The van der Waals surface area contributed by atoms with Crippen LogP contribution in [0.25, 0.3) is 5.82 Å². The van der Waals surface area contributed by atoms with Gasteiger partial charge in [0.1, 0.15) is 11.6 Å². The van der Waals surface area contributed by atoms with Crippen LogP contribution >= 0.6 is 0 Å². The van der Waals surface area contributed by atoms with E-state index in [9.17, 15) is 4.79 Å². The van der Waals surface area contributed by atoms with E-state index in [1.807, 2.05) is 42.3 Å². The van der Waals surface area contributed by atoms with E-state index < -0.39 is 0 Å². The van der Waals surface area contributed by atoms with Gasteiger partial charge in [0.2, 0.25) is 0 Å². The fraction of sp³-hybridized carbons (Fsp3) is 0.391. The van der Waals surface area contributed by atoms with Gasteiger partial charge < -0.3 is 9.80 Å². The lowest BCUT2D eigenvalue weighted by Gasteiger charge is -2.35. The maximum atomic E-state index is 12.9. The van der Waals surface area contributed by atoms with Gasteiger partial charge in [-0.3, -0.25) is 4.79 Å². The number of benzene rings is 1. The first-order valence-electron chi connectivity index (χ1n) is 10.3. The van der Waals surface area contributed by atoms with Crippen LogP contribution in [-0.2, 0) is 5.41 Å². The molecule has 0 unspecified atom stereocenters. The topological polar surface area (TPSA) is 67.2 Å². The lowest BCUT2D eigenvalue weighted by Crippen LogP contribution is -2.49. The molecule has 1 aromatic carbocycles. The second kappa shape index (κ2) is 7.89. The maximum absolute atomic E-state index is 12.9. The molecule has 0 aliphatic carbocycles. The molecule has 3 aromatic rings. The summed E-state index contributed by atoms with van der Waals surface area (Å²) in [5.41, 5.74) is 2.06. The van der Waals surface area contributed by atoms with Gasteiger partial charge in [-0.25, -0.2) is 14.6 Å². The third-order valence-corrected chi connectivity index (χ3v) is 5.44. The van der Waals surface area contributed by atoms with Crippen molar-refractivity contribution in [2.75, 3.05) is 31.1 Å². The van der Waals surface area contributed by atoms with Crippen molar-refractivity contribution < 1.29 is 4.79 Å². The molecule has 4 rings (SSSR count). The number of aromatic nitrogens is 4. The van der Waals surface area contributed by atoms with Gasteiger partial charge in [0.05, 0.1) is 0 Å². The molecule has 30 heavy (non-hydrogen) atoms. The smallest absolute Gasteiger partial charge is 0.253 e. The highest BCUT2D eigenvalue weighted by molar-refractivity contribution is 5.94. The van der Waals surface area contributed by atoms with Crippen molar-refractivity contribution in [3.8, 4) is 5.82 Å². The quantitative estimate of drug-likeness (QED) is 0.670. The molecule has 1 aliphatic rings. The van der Waals surface area contributed by atoms with E-state index in [2.05, 4.69) is 52.9 Å². The van der Waals surface area contributed by atoms with E-state index in [1.54, 1.807) is 10.9 Å². The number of carbonyl (C=O) groups excluding carboxylic acids is 1. The predicted octanol–water partition coefficient (Wildman–Crippen LogP) is 3.23. The molecule has 0 saturated carbocycles. The lowest BCUT2D eigenvalue weighted by atomic mass is 9.86.